The molecule has 0 radical (unpaired) electrons. The van der Waals surface area contributed by atoms with Gasteiger partial charge in [-0.25, -0.2) is 22.7 Å². The lowest BCUT2D eigenvalue weighted by Crippen LogP contribution is -2.42. The molecule has 4 rings (SSSR count). The van der Waals surface area contributed by atoms with Crippen molar-refractivity contribution in [2.45, 2.75) is 51.2 Å². The summed E-state index contributed by atoms with van der Waals surface area (Å²) in [5.74, 6) is 1.10. The molecule has 0 atom stereocenters. The van der Waals surface area contributed by atoms with Crippen LogP contribution in [0.25, 0.3) is 0 Å². The number of ether oxygens (including phenoxy) is 2. The molecule has 2 saturated heterocycles. The zero-order valence-electron chi connectivity index (χ0n) is 19.7. The molecule has 3 heterocycles. The van der Waals surface area contributed by atoms with E-state index in [1.165, 1.54) is 16.9 Å². The van der Waals surface area contributed by atoms with E-state index in [-0.39, 0.29) is 18.1 Å². The Morgan fingerprint density at radius 3 is 2.00 bits per heavy atom. The first-order chi connectivity index (χ1) is 16.3. The van der Waals surface area contributed by atoms with Gasteiger partial charge >= 0.3 is 0 Å². The van der Waals surface area contributed by atoms with Crippen molar-refractivity contribution in [1.29, 1.82) is 0 Å². The van der Waals surface area contributed by atoms with Crippen molar-refractivity contribution < 1.29 is 22.7 Å². The van der Waals surface area contributed by atoms with Crippen LogP contribution in [0.1, 0.15) is 36.8 Å². The summed E-state index contributed by atoms with van der Waals surface area (Å²) < 4.78 is 37.1. The molecule has 2 aromatic rings. The van der Waals surface area contributed by atoms with Crippen LogP contribution in [0.2, 0.25) is 0 Å². The van der Waals surface area contributed by atoms with Gasteiger partial charge in [-0.3, -0.25) is 4.79 Å². The maximum atomic E-state index is 12.6. The highest BCUT2D eigenvalue weighted by Crippen LogP contribution is 2.28. The minimum absolute atomic E-state index is 0.0276. The van der Waals surface area contributed by atoms with Crippen molar-refractivity contribution >= 4 is 15.9 Å². The lowest BCUT2D eigenvalue weighted by Gasteiger charge is -2.32. The standard InChI is InChI=1S/C24H32N4O5S/c1-18-23(25-17-26-24(18)33-21-10-14-28(15-11-21)34(2,30)31)32-20-8-12-27(13-9-20)22(29)16-19-6-4-3-5-7-19/h3-7,17,20-21H,8-16H2,1-2H3. The van der Waals surface area contributed by atoms with Gasteiger partial charge in [0, 0.05) is 39.0 Å². The molecule has 1 aromatic carbocycles. The number of rotatable bonds is 7. The Balaban J connectivity index is 1.28. The van der Waals surface area contributed by atoms with E-state index < -0.39 is 10.0 Å². The van der Waals surface area contributed by atoms with E-state index in [2.05, 4.69) is 9.97 Å². The van der Waals surface area contributed by atoms with Crippen LogP contribution in [0.5, 0.6) is 11.8 Å². The molecule has 0 unspecified atom stereocenters. The molecular formula is C24H32N4O5S. The summed E-state index contributed by atoms with van der Waals surface area (Å²) in [5.41, 5.74) is 1.76. The van der Waals surface area contributed by atoms with E-state index in [4.69, 9.17) is 9.47 Å². The summed E-state index contributed by atoms with van der Waals surface area (Å²) in [6, 6.07) is 9.79. The summed E-state index contributed by atoms with van der Waals surface area (Å²) in [6.07, 6.45) is 5.66. The monoisotopic (exact) mass is 488 g/mol. The van der Waals surface area contributed by atoms with Gasteiger partial charge in [0.25, 0.3) is 0 Å². The number of benzene rings is 1. The lowest BCUT2D eigenvalue weighted by molar-refractivity contribution is -0.132. The second kappa shape index (κ2) is 10.7. The van der Waals surface area contributed by atoms with Gasteiger partial charge in [-0.1, -0.05) is 30.3 Å². The van der Waals surface area contributed by atoms with Crippen molar-refractivity contribution in [3.8, 4) is 11.8 Å². The molecular weight excluding hydrogens is 456 g/mol. The Labute approximate surface area is 201 Å². The van der Waals surface area contributed by atoms with Crippen LogP contribution < -0.4 is 9.47 Å². The molecule has 1 aromatic heterocycles. The molecule has 0 bridgehead atoms. The number of hydrogen-bond acceptors (Lipinski definition) is 7. The van der Waals surface area contributed by atoms with Gasteiger partial charge in [0.1, 0.15) is 18.5 Å². The Morgan fingerprint density at radius 2 is 1.47 bits per heavy atom. The van der Waals surface area contributed by atoms with E-state index in [1.54, 1.807) is 0 Å². The number of amides is 1. The minimum Gasteiger partial charge on any atom is -0.474 e. The molecule has 0 aliphatic carbocycles. The number of carbonyl (C=O) groups is 1. The number of likely N-dealkylation sites (tertiary alicyclic amines) is 1. The Bertz CT molecular complexity index is 1080. The predicted octanol–water partition coefficient (Wildman–Crippen LogP) is 2.20. The largest absolute Gasteiger partial charge is 0.474 e. The fraction of sp³-hybridized carbons (Fsp3) is 0.542. The van der Waals surface area contributed by atoms with E-state index in [0.29, 0.717) is 57.2 Å². The van der Waals surface area contributed by atoms with Gasteiger partial charge in [0.15, 0.2) is 0 Å². The van der Waals surface area contributed by atoms with Crippen LogP contribution in [-0.4, -0.2) is 78.1 Å². The molecule has 0 spiro atoms. The van der Waals surface area contributed by atoms with E-state index in [0.717, 1.165) is 24.0 Å². The number of nitrogens with zero attached hydrogens (tertiary/aromatic N) is 4. The first-order valence-corrected chi connectivity index (χ1v) is 13.6. The Kier molecular flexibility index (Phi) is 7.67. The van der Waals surface area contributed by atoms with Gasteiger partial charge in [0.05, 0.1) is 18.2 Å². The number of carbonyl (C=O) groups excluding carboxylic acids is 1. The molecule has 34 heavy (non-hydrogen) atoms. The van der Waals surface area contributed by atoms with Crippen LogP contribution in [0, 0.1) is 6.92 Å². The van der Waals surface area contributed by atoms with E-state index in [1.807, 2.05) is 42.2 Å². The zero-order chi connectivity index (χ0) is 24.1. The maximum absolute atomic E-state index is 12.6. The fourth-order valence-electron chi connectivity index (χ4n) is 4.36. The predicted molar refractivity (Wildman–Crippen MR) is 127 cm³/mol. The highest BCUT2D eigenvalue weighted by Gasteiger charge is 2.28. The number of aromatic nitrogens is 2. The third-order valence-electron chi connectivity index (χ3n) is 6.41. The molecule has 2 fully saturated rings. The quantitative estimate of drug-likeness (QED) is 0.589. The van der Waals surface area contributed by atoms with Crippen LogP contribution in [0.15, 0.2) is 36.7 Å². The topological polar surface area (TPSA) is 102 Å². The molecule has 184 valence electrons. The fourth-order valence-corrected chi connectivity index (χ4v) is 5.23. The van der Waals surface area contributed by atoms with Crippen molar-refractivity contribution in [1.82, 2.24) is 19.2 Å². The second-order valence-electron chi connectivity index (χ2n) is 8.95. The first kappa shape index (κ1) is 24.4. The number of piperidine rings is 2. The Morgan fingerprint density at radius 1 is 0.941 bits per heavy atom. The zero-order valence-corrected chi connectivity index (χ0v) is 20.5. The van der Waals surface area contributed by atoms with Crippen LogP contribution in [0.4, 0.5) is 0 Å². The Hall–Kier alpha value is -2.72. The number of sulfonamides is 1. The molecule has 10 heteroatoms. The summed E-state index contributed by atoms with van der Waals surface area (Å²) in [5, 5.41) is 0. The van der Waals surface area contributed by atoms with E-state index in [9.17, 15) is 13.2 Å². The molecule has 1 amide bonds. The molecule has 2 aliphatic rings. The normalized spacial score (nSPS) is 18.6. The average Bonchev–Trinajstić information content (AvgIpc) is 2.82. The third kappa shape index (κ3) is 6.24. The number of hydrogen-bond donors (Lipinski definition) is 0. The highest BCUT2D eigenvalue weighted by molar-refractivity contribution is 7.88. The smallest absolute Gasteiger partial charge is 0.226 e. The minimum atomic E-state index is -3.17. The summed E-state index contributed by atoms with van der Waals surface area (Å²) in [7, 11) is -3.17. The average molecular weight is 489 g/mol. The summed E-state index contributed by atoms with van der Waals surface area (Å²) >= 11 is 0. The summed E-state index contributed by atoms with van der Waals surface area (Å²) in [4.78, 5) is 23.1. The van der Waals surface area contributed by atoms with Crippen molar-refractivity contribution in [2.24, 2.45) is 0 Å². The third-order valence-corrected chi connectivity index (χ3v) is 7.71. The van der Waals surface area contributed by atoms with Gasteiger partial charge in [-0.05, 0) is 25.3 Å². The summed E-state index contributed by atoms with van der Waals surface area (Å²) in [6.45, 7) is 4.07. The molecule has 9 nitrogen and oxygen atoms in total. The molecule has 0 N–H and O–H groups in total. The van der Waals surface area contributed by atoms with E-state index >= 15 is 0 Å². The van der Waals surface area contributed by atoms with Crippen LogP contribution >= 0.6 is 0 Å². The van der Waals surface area contributed by atoms with Crippen molar-refractivity contribution in [3.05, 3.63) is 47.8 Å². The van der Waals surface area contributed by atoms with Crippen molar-refractivity contribution in [2.75, 3.05) is 32.4 Å². The van der Waals surface area contributed by atoms with Gasteiger partial charge in [-0.15, -0.1) is 0 Å². The van der Waals surface area contributed by atoms with Crippen LogP contribution in [0.3, 0.4) is 0 Å². The molecule has 0 saturated carbocycles. The lowest BCUT2D eigenvalue weighted by atomic mass is 10.1. The van der Waals surface area contributed by atoms with Gasteiger partial charge in [0.2, 0.25) is 27.7 Å². The molecule has 2 aliphatic heterocycles. The SMILES string of the molecule is Cc1c(OC2CCN(C(=O)Cc3ccccc3)CC2)ncnc1OC1CCN(S(C)(=O)=O)CC1. The van der Waals surface area contributed by atoms with Crippen LogP contribution in [-0.2, 0) is 21.2 Å². The maximum Gasteiger partial charge on any atom is 0.226 e. The first-order valence-electron chi connectivity index (χ1n) is 11.7. The van der Waals surface area contributed by atoms with Crippen molar-refractivity contribution in [3.63, 3.8) is 0 Å². The van der Waals surface area contributed by atoms with Gasteiger partial charge in [-0.2, -0.15) is 0 Å². The second-order valence-corrected chi connectivity index (χ2v) is 10.9. The highest BCUT2D eigenvalue weighted by atomic mass is 32.2. The van der Waals surface area contributed by atoms with Gasteiger partial charge < -0.3 is 14.4 Å².